The highest BCUT2D eigenvalue weighted by Gasteiger charge is 2.13. The topological polar surface area (TPSA) is 78.1 Å². The number of thioether (sulfide) groups is 1. The van der Waals surface area contributed by atoms with Gasteiger partial charge in [-0.3, -0.25) is 0 Å². The number of fused-ring (bicyclic) bond motifs is 1. The quantitative estimate of drug-likeness (QED) is 0.431. The van der Waals surface area contributed by atoms with Gasteiger partial charge >= 0.3 is 5.97 Å². The zero-order valence-corrected chi connectivity index (χ0v) is 15.3. The Balaban J connectivity index is 1.77. The Morgan fingerprint density at radius 1 is 1.25 bits per heavy atom. The second-order valence-corrected chi connectivity index (χ2v) is 7.48. The number of hydrogen-bond donors (Lipinski definition) is 1. The van der Waals surface area contributed by atoms with Crippen LogP contribution in [0.3, 0.4) is 0 Å². The highest BCUT2D eigenvalue weighted by Crippen LogP contribution is 2.33. The van der Waals surface area contributed by atoms with Crippen molar-refractivity contribution in [1.29, 1.82) is 0 Å². The molecule has 0 saturated carbocycles. The summed E-state index contributed by atoms with van der Waals surface area (Å²) in [5.74, 6) is 0.903. The number of nitrogens with two attached hydrogens (primary N) is 1. The summed E-state index contributed by atoms with van der Waals surface area (Å²) in [4.78, 5) is 22.6. The summed E-state index contributed by atoms with van der Waals surface area (Å²) in [7, 11) is 1.37. The van der Waals surface area contributed by atoms with Crippen LogP contribution < -0.4 is 5.73 Å². The smallest absolute Gasteiger partial charge is 0.337 e. The number of carbonyl (C=O) groups is 1. The van der Waals surface area contributed by atoms with Crippen LogP contribution in [0.15, 0.2) is 29.4 Å². The van der Waals surface area contributed by atoms with Crippen LogP contribution in [0.1, 0.15) is 26.4 Å². The van der Waals surface area contributed by atoms with Gasteiger partial charge in [-0.25, -0.2) is 14.8 Å². The summed E-state index contributed by atoms with van der Waals surface area (Å²) in [5.41, 5.74) is 8.87. The molecule has 0 fully saturated rings. The summed E-state index contributed by atoms with van der Waals surface area (Å²) >= 11 is 3.17. The van der Waals surface area contributed by atoms with E-state index < -0.39 is 0 Å². The summed E-state index contributed by atoms with van der Waals surface area (Å²) in [6, 6.07) is 7.32. The summed E-state index contributed by atoms with van der Waals surface area (Å²) < 4.78 is 4.69. The van der Waals surface area contributed by atoms with E-state index >= 15 is 0 Å². The second-order valence-electron chi connectivity index (χ2n) is 5.33. The molecule has 2 N–H and O–H groups in total. The third-order valence-corrected chi connectivity index (χ3v) is 5.80. The Labute approximate surface area is 148 Å². The van der Waals surface area contributed by atoms with Crippen LogP contribution >= 0.6 is 23.1 Å². The highest BCUT2D eigenvalue weighted by molar-refractivity contribution is 7.98. The van der Waals surface area contributed by atoms with Crippen LogP contribution in [0.25, 0.3) is 10.2 Å². The molecule has 5 nitrogen and oxygen atoms in total. The van der Waals surface area contributed by atoms with Gasteiger partial charge in [0.05, 0.1) is 18.1 Å². The molecule has 0 atom stereocenters. The van der Waals surface area contributed by atoms with Crippen LogP contribution in [0.5, 0.6) is 0 Å². The molecule has 0 aliphatic rings. The lowest BCUT2D eigenvalue weighted by molar-refractivity contribution is 0.0600. The van der Waals surface area contributed by atoms with Crippen molar-refractivity contribution in [3.63, 3.8) is 0 Å². The Kier molecular flexibility index (Phi) is 4.73. The Bertz CT molecular complexity index is 904. The number of esters is 1. The molecular formula is C17H17N3O2S2. The van der Waals surface area contributed by atoms with Gasteiger partial charge in [0.1, 0.15) is 10.6 Å². The molecule has 0 unspecified atom stereocenters. The van der Waals surface area contributed by atoms with Crippen LogP contribution in [-0.4, -0.2) is 23.0 Å². The first-order chi connectivity index (χ1) is 11.5. The van der Waals surface area contributed by atoms with E-state index in [-0.39, 0.29) is 5.97 Å². The standard InChI is InChI=1S/C17H17N3O2S2/c1-9-10(2)24-15-13(9)14(18)19-17(20-15)23-8-11-4-6-12(7-5-11)16(21)22-3/h4-7H,8H2,1-3H3,(H2,18,19,20). The maximum atomic E-state index is 11.4. The van der Waals surface area contributed by atoms with E-state index in [1.807, 2.05) is 19.1 Å². The fourth-order valence-corrected chi connectivity index (χ4v) is 4.23. The van der Waals surface area contributed by atoms with E-state index in [0.29, 0.717) is 22.3 Å². The van der Waals surface area contributed by atoms with E-state index in [0.717, 1.165) is 21.3 Å². The van der Waals surface area contributed by atoms with Crippen molar-refractivity contribution < 1.29 is 9.53 Å². The molecule has 0 bridgehead atoms. The molecule has 24 heavy (non-hydrogen) atoms. The molecule has 0 saturated heterocycles. The number of hydrogen-bond acceptors (Lipinski definition) is 7. The first kappa shape index (κ1) is 16.7. The molecule has 0 aliphatic carbocycles. The predicted octanol–water partition coefficient (Wildman–Crippen LogP) is 3.97. The third-order valence-electron chi connectivity index (χ3n) is 3.78. The van der Waals surface area contributed by atoms with Crippen LogP contribution in [0.4, 0.5) is 5.82 Å². The maximum absolute atomic E-state index is 11.4. The first-order valence-corrected chi connectivity index (χ1v) is 9.13. The van der Waals surface area contributed by atoms with Gasteiger partial charge in [-0.05, 0) is 37.1 Å². The molecule has 0 radical (unpaired) electrons. The van der Waals surface area contributed by atoms with Crippen LogP contribution in [0, 0.1) is 13.8 Å². The van der Waals surface area contributed by atoms with Crippen molar-refractivity contribution in [2.75, 3.05) is 12.8 Å². The maximum Gasteiger partial charge on any atom is 0.337 e. The van der Waals surface area contributed by atoms with Gasteiger partial charge in [0.2, 0.25) is 0 Å². The van der Waals surface area contributed by atoms with Gasteiger partial charge in [0.25, 0.3) is 0 Å². The summed E-state index contributed by atoms with van der Waals surface area (Å²) in [6.07, 6.45) is 0. The fourth-order valence-electron chi connectivity index (χ4n) is 2.33. The van der Waals surface area contributed by atoms with Gasteiger partial charge in [-0.2, -0.15) is 0 Å². The number of rotatable bonds is 4. The van der Waals surface area contributed by atoms with Gasteiger partial charge in [0, 0.05) is 10.6 Å². The zero-order valence-electron chi connectivity index (χ0n) is 13.6. The number of aryl methyl sites for hydroxylation is 2. The lowest BCUT2D eigenvalue weighted by atomic mass is 10.1. The minimum Gasteiger partial charge on any atom is -0.465 e. The van der Waals surface area contributed by atoms with E-state index in [2.05, 4.69) is 16.9 Å². The Morgan fingerprint density at radius 3 is 2.62 bits per heavy atom. The summed E-state index contributed by atoms with van der Waals surface area (Å²) in [5, 5.41) is 1.63. The van der Waals surface area contributed by atoms with Crippen LogP contribution in [-0.2, 0) is 10.5 Å². The lowest BCUT2D eigenvalue weighted by Gasteiger charge is -2.04. The van der Waals surface area contributed by atoms with Gasteiger partial charge in [-0.1, -0.05) is 23.9 Å². The molecule has 7 heteroatoms. The van der Waals surface area contributed by atoms with Gasteiger partial charge in [-0.15, -0.1) is 11.3 Å². The number of carbonyl (C=O) groups excluding carboxylic acids is 1. The van der Waals surface area contributed by atoms with Crippen LogP contribution in [0.2, 0.25) is 0 Å². The number of ether oxygens (including phenoxy) is 1. The van der Waals surface area contributed by atoms with E-state index in [4.69, 9.17) is 10.5 Å². The Morgan fingerprint density at radius 2 is 1.96 bits per heavy atom. The number of thiophene rings is 1. The number of anilines is 1. The number of nitrogens with zero attached hydrogens (tertiary/aromatic N) is 2. The normalized spacial score (nSPS) is 11.0. The van der Waals surface area contributed by atoms with E-state index in [1.54, 1.807) is 23.5 Å². The fraction of sp³-hybridized carbons (Fsp3) is 0.235. The molecular weight excluding hydrogens is 342 g/mol. The third kappa shape index (κ3) is 3.22. The molecule has 1 aromatic carbocycles. The van der Waals surface area contributed by atoms with Crippen molar-refractivity contribution >= 4 is 45.1 Å². The minimum absolute atomic E-state index is 0.334. The molecule has 0 amide bonds. The average molecular weight is 359 g/mol. The molecule has 3 rings (SSSR count). The van der Waals surface area contributed by atoms with Crippen molar-refractivity contribution in [2.24, 2.45) is 0 Å². The minimum atomic E-state index is -0.334. The van der Waals surface area contributed by atoms with Crippen molar-refractivity contribution in [3.8, 4) is 0 Å². The highest BCUT2D eigenvalue weighted by atomic mass is 32.2. The zero-order chi connectivity index (χ0) is 17.3. The van der Waals surface area contributed by atoms with Crippen molar-refractivity contribution in [3.05, 3.63) is 45.8 Å². The molecule has 0 aliphatic heterocycles. The second kappa shape index (κ2) is 6.78. The van der Waals surface area contributed by atoms with Gasteiger partial charge in [0.15, 0.2) is 5.16 Å². The summed E-state index contributed by atoms with van der Waals surface area (Å²) in [6.45, 7) is 4.11. The molecule has 124 valence electrons. The number of benzene rings is 1. The van der Waals surface area contributed by atoms with Crippen molar-refractivity contribution in [1.82, 2.24) is 9.97 Å². The number of nitrogen functional groups attached to an aromatic ring is 1. The number of methoxy groups -OCH3 is 1. The SMILES string of the molecule is COC(=O)c1ccc(CSc2nc(N)c3c(C)c(C)sc3n2)cc1. The van der Waals surface area contributed by atoms with E-state index in [1.165, 1.54) is 23.7 Å². The lowest BCUT2D eigenvalue weighted by Crippen LogP contribution is -2.00. The monoisotopic (exact) mass is 359 g/mol. The van der Waals surface area contributed by atoms with E-state index in [9.17, 15) is 4.79 Å². The molecule has 2 heterocycles. The molecule has 0 spiro atoms. The molecule has 2 aromatic heterocycles. The Hall–Kier alpha value is -2.12. The number of aromatic nitrogens is 2. The first-order valence-electron chi connectivity index (χ1n) is 7.33. The predicted molar refractivity (Wildman–Crippen MR) is 98.6 cm³/mol. The largest absolute Gasteiger partial charge is 0.465 e. The van der Waals surface area contributed by atoms with Gasteiger partial charge < -0.3 is 10.5 Å². The van der Waals surface area contributed by atoms with Crippen molar-refractivity contribution in [2.45, 2.75) is 24.8 Å². The average Bonchev–Trinajstić information content (AvgIpc) is 2.87. The molecule has 3 aromatic rings.